The summed E-state index contributed by atoms with van der Waals surface area (Å²) >= 11 is 0. The van der Waals surface area contributed by atoms with Crippen molar-refractivity contribution in [2.45, 2.75) is 26.4 Å². The molecule has 3 aromatic rings. The number of carbonyl (C=O) groups excluding carboxylic acids is 1. The maximum atomic E-state index is 12.1. The van der Waals surface area contributed by atoms with E-state index in [1.54, 1.807) is 30.9 Å². The molecule has 2 aromatic heterocycles. The van der Waals surface area contributed by atoms with Crippen LogP contribution in [0.4, 0.5) is 0 Å². The highest BCUT2D eigenvalue weighted by Crippen LogP contribution is 2.15. The van der Waals surface area contributed by atoms with Crippen LogP contribution in [-0.2, 0) is 11.3 Å². The Kier molecular flexibility index (Phi) is 5.09. The molecule has 0 spiro atoms. The van der Waals surface area contributed by atoms with Crippen molar-refractivity contribution in [3.8, 4) is 5.69 Å². The maximum absolute atomic E-state index is 12.1. The van der Waals surface area contributed by atoms with E-state index in [1.165, 1.54) is 0 Å². The lowest BCUT2D eigenvalue weighted by atomic mass is 10.1. The summed E-state index contributed by atoms with van der Waals surface area (Å²) in [6.07, 6.45) is 10.4. The number of amides is 1. The van der Waals surface area contributed by atoms with Gasteiger partial charge in [0.15, 0.2) is 0 Å². The Morgan fingerprint density at radius 3 is 2.72 bits per heavy atom. The molecule has 128 valence electrons. The van der Waals surface area contributed by atoms with Gasteiger partial charge in [0.2, 0.25) is 5.91 Å². The summed E-state index contributed by atoms with van der Waals surface area (Å²) in [7, 11) is 0. The molecule has 0 saturated carbocycles. The highest BCUT2D eigenvalue weighted by atomic mass is 16.1. The van der Waals surface area contributed by atoms with Crippen LogP contribution >= 0.6 is 0 Å². The fourth-order valence-electron chi connectivity index (χ4n) is 2.60. The first kappa shape index (κ1) is 16.7. The fraction of sp³-hybridized carbons (Fsp3) is 0.211. The summed E-state index contributed by atoms with van der Waals surface area (Å²) in [4.78, 5) is 16.2. The maximum Gasteiger partial charge on any atom is 0.244 e. The Hall–Kier alpha value is -3.15. The van der Waals surface area contributed by atoms with Crippen LogP contribution < -0.4 is 5.32 Å². The number of hydrogen-bond acceptors (Lipinski definition) is 3. The highest BCUT2D eigenvalue weighted by Gasteiger charge is 2.08. The molecule has 0 aliphatic heterocycles. The van der Waals surface area contributed by atoms with Gasteiger partial charge in [-0.15, -0.1) is 0 Å². The van der Waals surface area contributed by atoms with Gasteiger partial charge in [0.25, 0.3) is 0 Å². The minimum atomic E-state index is -0.130. The predicted octanol–water partition coefficient (Wildman–Crippen LogP) is 2.98. The summed E-state index contributed by atoms with van der Waals surface area (Å²) in [6.45, 7) is 4.75. The lowest BCUT2D eigenvalue weighted by molar-refractivity contribution is -0.117. The van der Waals surface area contributed by atoms with Crippen molar-refractivity contribution < 1.29 is 4.79 Å². The van der Waals surface area contributed by atoms with Crippen molar-refractivity contribution in [2.24, 2.45) is 0 Å². The molecule has 0 aliphatic rings. The lowest BCUT2D eigenvalue weighted by Gasteiger charge is -2.13. The summed E-state index contributed by atoms with van der Waals surface area (Å²) < 4.78 is 3.77. The average Bonchev–Trinajstić information content (AvgIpc) is 3.31. The van der Waals surface area contributed by atoms with Crippen molar-refractivity contribution in [1.29, 1.82) is 0 Å². The summed E-state index contributed by atoms with van der Waals surface area (Å²) in [5.41, 5.74) is 2.99. The monoisotopic (exact) mass is 335 g/mol. The average molecular weight is 335 g/mol. The molecular weight excluding hydrogens is 314 g/mol. The third kappa shape index (κ3) is 4.03. The largest absolute Gasteiger partial charge is 0.346 e. The van der Waals surface area contributed by atoms with Gasteiger partial charge < -0.3 is 9.88 Å². The van der Waals surface area contributed by atoms with Crippen molar-refractivity contribution in [3.63, 3.8) is 0 Å². The van der Waals surface area contributed by atoms with Crippen LogP contribution in [0.15, 0.2) is 61.3 Å². The fourth-order valence-corrected chi connectivity index (χ4v) is 2.60. The third-order valence-electron chi connectivity index (χ3n) is 4.01. The molecule has 6 nitrogen and oxygen atoms in total. The number of imidazole rings is 1. The minimum absolute atomic E-state index is 0.0786. The Balaban J connectivity index is 1.61. The normalized spacial score (nSPS) is 12.4. The Morgan fingerprint density at radius 1 is 1.24 bits per heavy atom. The number of nitrogens with one attached hydrogen (secondary N) is 1. The van der Waals surface area contributed by atoms with Crippen molar-refractivity contribution in [2.75, 3.05) is 0 Å². The molecule has 0 radical (unpaired) electrons. The summed E-state index contributed by atoms with van der Waals surface area (Å²) in [5.74, 6) is -0.130. The molecule has 0 bridgehead atoms. The van der Waals surface area contributed by atoms with Gasteiger partial charge in [-0.05, 0) is 43.7 Å². The second-order valence-electron chi connectivity index (χ2n) is 5.70. The van der Waals surface area contributed by atoms with E-state index in [0.717, 1.165) is 23.5 Å². The zero-order valence-corrected chi connectivity index (χ0v) is 14.3. The minimum Gasteiger partial charge on any atom is -0.346 e. The van der Waals surface area contributed by atoms with Crippen LogP contribution in [-0.4, -0.2) is 25.2 Å². The molecule has 2 heterocycles. The predicted molar refractivity (Wildman–Crippen MR) is 97.1 cm³/mol. The van der Waals surface area contributed by atoms with Gasteiger partial charge >= 0.3 is 0 Å². The first-order valence-corrected chi connectivity index (χ1v) is 8.26. The number of benzene rings is 1. The molecule has 25 heavy (non-hydrogen) atoms. The number of hydrogen-bond donors (Lipinski definition) is 1. The van der Waals surface area contributed by atoms with Gasteiger partial charge in [-0.3, -0.25) is 9.48 Å². The molecule has 1 atom stereocenters. The number of carbonyl (C=O) groups is 1. The smallest absolute Gasteiger partial charge is 0.244 e. The van der Waals surface area contributed by atoms with E-state index >= 15 is 0 Å². The number of aromatic nitrogens is 4. The highest BCUT2D eigenvalue weighted by molar-refractivity contribution is 5.91. The third-order valence-corrected chi connectivity index (χ3v) is 4.01. The summed E-state index contributed by atoms with van der Waals surface area (Å²) in [5, 5.41) is 7.15. The van der Waals surface area contributed by atoms with Gasteiger partial charge in [-0.1, -0.05) is 12.1 Å². The van der Waals surface area contributed by atoms with Crippen LogP contribution in [0.5, 0.6) is 0 Å². The van der Waals surface area contributed by atoms with Crippen LogP contribution in [0.2, 0.25) is 0 Å². The lowest BCUT2D eigenvalue weighted by Crippen LogP contribution is -2.24. The molecule has 1 N–H and O–H groups in total. The SMILES string of the molecule is CCn1nccc1/C=C/C(=O)N[C@H](C)c1ccc(-n2ccnc2)cc1. The van der Waals surface area contributed by atoms with Crippen LogP contribution in [0.3, 0.4) is 0 Å². The molecule has 0 fully saturated rings. The first-order valence-electron chi connectivity index (χ1n) is 8.26. The molecular formula is C19H21N5O. The van der Waals surface area contributed by atoms with Gasteiger partial charge in [0.05, 0.1) is 18.1 Å². The quantitative estimate of drug-likeness (QED) is 0.704. The number of nitrogens with zero attached hydrogens (tertiary/aromatic N) is 4. The van der Waals surface area contributed by atoms with Gasteiger partial charge in [-0.2, -0.15) is 5.10 Å². The molecule has 0 aliphatic carbocycles. The zero-order chi connectivity index (χ0) is 17.6. The molecule has 1 aromatic carbocycles. The first-order chi connectivity index (χ1) is 12.2. The summed E-state index contributed by atoms with van der Waals surface area (Å²) in [6, 6.07) is 9.84. The zero-order valence-electron chi connectivity index (χ0n) is 14.3. The van der Waals surface area contributed by atoms with Gasteiger partial charge in [0.1, 0.15) is 0 Å². The van der Waals surface area contributed by atoms with E-state index in [2.05, 4.69) is 15.4 Å². The standard InChI is InChI=1S/C19H21N5O/c1-3-24-18(10-11-21-24)8-9-19(25)22-15(2)16-4-6-17(7-5-16)23-13-12-20-14-23/h4-15H,3H2,1-2H3,(H,22,25)/b9-8+/t15-/m1/s1. The number of aryl methyl sites for hydroxylation is 1. The van der Waals surface area contributed by atoms with Crippen molar-refractivity contribution in [3.05, 3.63) is 72.6 Å². The van der Waals surface area contributed by atoms with Crippen LogP contribution in [0.25, 0.3) is 11.8 Å². The topological polar surface area (TPSA) is 64.7 Å². The Bertz CT molecular complexity index is 846. The van der Waals surface area contributed by atoms with Gasteiger partial charge in [-0.25, -0.2) is 4.98 Å². The van der Waals surface area contributed by atoms with Crippen molar-refractivity contribution in [1.82, 2.24) is 24.6 Å². The molecule has 0 unspecified atom stereocenters. The van der Waals surface area contributed by atoms with E-state index in [0.29, 0.717) is 0 Å². The van der Waals surface area contributed by atoms with E-state index in [9.17, 15) is 4.79 Å². The van der Waals surface area contributed by atoms with E-state index in [4.69, 9.17) is 0 Å². The Labute approximate surface area is 146 Å². The van der Waals surface area contributed by atoms with E-state index in [-0.39, 0.29) is 11.9 Å². The molecule has 3 rings (SSSR count). The van der Waals surface area contributed by atoms with E-state index in [1.807, 2.05) is 59.6 Å². The molecule has 1 amide bonds. The Morgan fingerprint density at radius 2 is 2.04 bits per heavy atom. The van der Waals surface area contributed by atoms with Gasteiger partial charge in [0, 0.05) is 36.9 Å². The van der Waals surface area contributed by atoms with Crippen LogP contribution in [0, 0.1) is 0 Å². The molecule has 6 heteroatoms. The molecule has 0 saturated heterocycles. The second kappa shape index (κ2) is 7.61. The number of rotatable bonds is 6. The second-order valence-corrected chi connectivity index (χ2v) is 5.70. The van der Waals surface area contributed by atoms with Crippen molar-refractivity contribution >= 4 is 12.0 Å². The van der Waals surface area contributed by atoms with Crippen LogP contribution in [0.1, 0.15) is 31.1 Å². The van der Waals surface area contributed by atoms with E-state index < -0.39 is 0 Å².